The van der Waals surface area contributed by atoms with Crippen molar-refractivity contribution in [3.63, 3.8) is 0 Å². The van der Waals surface area contributed by atoms with Crippen LogP contribution in [0.4, 0.5) is 5.69 Å². The Hall–Kier alpha value is -2.39. The van der Waals surface area contributed by atoms with E-state index in [9.17, 15) is 9.59 Å². The number of carbonyl (C=O) groups excluding carboxylic acids is 2. The first-order chi connectivity index (χ1) is 9.86. The van der Waals surface area contributed by atoms with Gasteiger partial charge in [0.2, 0.25) is 11.8 Å². The molecule has 0 aromatic heterocycles. The molecule has 1 rings (SSSR count). The number of nitriles is 1. The minimum atomic E-state index is -0.627. The van der Waals surface area contributed by atoms with Gasteiger partial charge in [0.15, 0.2) is 0 Å². The third-order valence-electron chi connectivity index (χ3n) is 3.19. The van der Waals surface area contributed by atoms with Crippen LogP contribution in [0.2, 0.25) is 0 Å². The summed E-state index contributed by atoms with van der Waals surface area (Å²) in [5, 5.41) is 11.3. The van der Waals surface area contributed by atoms with Crippen molar-refractivity contribution in [2.24, 2.45) is 11.7 Å². The molecule has 6 nitrogen and oxygen atoms in total. The van der Waals surface area contributed by atoms with Crippen LogP contribution >= 0.6 is 0 Å². The number of carbonyl (C=O) groups is 2. The molecule has 0 saturated heterocycles. The van der Waals surface area contributed by atoms with E-state index >= 15 is 0 Å². The van der Waals surface area contributed by atoms with Gasteiger partial charge in [0.25, 0.3) is 0 Å². The second kappa shape index (κ2) is 7.41. The number of amides is 2. The molecule has 0 radical (unpaired) electrons. The fourth-order valence-corrected chi connectivity index (χ4v) is 1.61. The highest BCUT2D eigenvalue weighted by molar-refractivity contribution is 5.96. The Balaban J connectivity index is 2.59. The average Bonchev–Trinajstić information content (AvgIpc) is 2.50. The van der Waals surface area contributed by atoms with Crippen LogP contribution in [0.25, 0.3) is 0 Å². The molecule has 21 heavy (non-hydrogen) atoms. The van der Waals surface area contributed by atoms with E-state index in [0.717, 1.165) is 0 Å². The molecule has 1 atom stereocenters. The van der Waals surface area contributed by atoms with E-state index in [1.54, 1.807) is 31.3 Å². The fourth-order valence-electron chi connectivity index (χ4n) is 1.61. The van der Waals surface area contributed by atoms with Crippen molar-refractivity contribution in [2.45, 2.75) is 19.9 Å². The summed E-state index contributed by atoms with van der Waals surface area (Å²) in [6.45, 7) is 3.57. The van der Waals surface area contributed by atoms with Gasteiger partial charge in [0, 0.05) is 12.7 Å². The van der Waals surface area contributed by atoms with Crippen molar-refractivity contribution in [3.8, 4) is 6.07 Å². The van der Waals surface area contributed by atoms with Gasteiger partial charge in [-0.25, -0.2) is 0 Å². The van der Waals surface area contributed by atoms with Crippen molar-refractivity contribution in [2.75, 3.05) is 18.5 Å². The van der Waals surface area contributed by atoms with Crippen molar-refractivity contribution in [1.82, 2.24) is 5.32 Å². The predicted molar refractivity (Wildman–Crippen MR) is 80.4 cm³/mol. The summed E-state index contributed by atoms with van der Waals surface area (Å²) in [6.07, 6.45) is 0. The van der Waals surface area contributed by atoms with Gasteiger partial charge in [-0.2, -0.15) is 5.26 Å². The summed E-state index contributed by atoms with van der Waals surface area (Å²) in [5.74, 6) is -0.591. The topological polar surface area (TPSA) is 99.2 Å². The monoisotopic (exact) mass is 288 g/mol. The van der Waals surface area contributed by atoms with Crippen LogP contribution in [-0.2, 0) is 9.59 Å². The van der Waals surface area contributed by atoms with E-state index in [4.69, 9.17) is 11.0 Å². The quantitative estimate of drug-likeness (QED) is 0.829. The highest BCUT2D eigenvalue weighted by Gasteiger charge is 2.19. The van der Waals surface area contributed by atoms with Crippen molar-refractivity contribution in [3.05, 3.63) is 29.8 Å². The summed E-state index contributed by atoms with van der Waals surface area (Å²) >= 11 is 0. The van der Waals surface area contributed by atoms with E-state index in [1.165, 1.54) is 4.90 Å². The first kappa shape index (κ1) is 16.7. The highest BCUT2D eigenvalue weighted by Crippen LogP contribution is 2.13. The molecule has 0 aliphatic heterocycles. The molecule has 112 valence electrons. The summed E-state index contributed by atoms with van der Waals surface area (Å²) in [7, 11) is 1.61. The standard InChI is InChI=1S/C15H20N4O2/c1-10(2)14(17)15(21)18-9-13(20)19(3)12-6-4-11(8-16)5-7-12/h4-7,10,14H,9,17H2,1-3H3,(H,18,21)/t14-/m0/s1. The Labute approximate surface area is 124 Å². The van der Waals surface area contributed by atoms with Crippen LogP contribution in [0, 0.1) is 17.2 Å². The molecule has 2 amide bonds. The average molecular weight is 288 g/mol. The van der Waals surface area contributed by atoms with Gasteiger partial charge < -0.3 is 16.0 Å². The van der Waals surface area contributed by atoms with E-state index in [-0.39, 0.29) is 24.3 Å². The minimum Gasteiger partial charge on any atom is -0.346 e. The number of nitrogens with zero attached hydrogens (tertiary/aromatic N) is 2. The summed E-state index contributed by atoms with van der Waals surface area (Å²) in [4.78, 5) is 25.1. The molecular formula is C15H20N4O2. The Bertz CT molecular complexity index is 546. The maximum Gasteiger partial charge on any atom is 0.246 e. The molecule has 0 heterocycles. The summed E-state index contributed by atoms with van der Waals surface area (Å²) in [6, 6.07) is 8.00. The summed E-state index contributed by atoms with van der Waals surface area (Å²) in [5.41, 5.74) is 6.88. The molecule has 0 spiro atoms. The smallest absolute Gasteiger partial charge is 0.246 e. The van der Waals surface area contributed by atoms with Gasteiger partial charge >= 0.3 is 0 Å². The lowest BCUT2D eigenvalue weighted by Gasteiger charge is -2.19. The maximum atomic E-state index is 12.0. The zero-order chi connectivity index (χ0) is 16.0. The molecule has 1 aromatic rings. The molecule has 0 aliphatic carbocycles. The predicted octanol–water partition coefficient (Wildman–Crippen LogP) is 0.621. The van der Waals surface area contributed by atoms with Crippen LogP contribution in [-0.4, -0.2) is 31.4 Å². The van der Waals surface area contributed by atoms with Crippen LogP contribution in [0.5, 0.6) is 0 Å². The lowest BCUT2D eigenvalue weighted by molar-refractivity contribution is -0.126. The SMILES string of the molecule is CC(C)[C@H](N)C(=O)NCC(=O)N(C)c1ccc(C#N)cc1. The van der Waals surface area contributed by atoms with Crippen LogP contribution in [0.3, 0.4) is 0 Å². The van der Waals surface area contributed by atoms with Gasteiger partial charge in [0.1, 0.15) is 0 Å². The van der Waals surface area contributed by atoms with Gasteiger partial charge in [-0.15, -0.1) is 0 Å². The summed E-state index contributed by atoms with van der Waals surface area (Å²) < 4.78 is 0. The molecule has 0 fully saturated rings. The van der Waals surface area contributed by atoms with Crippen LogP contribution in [0.1, 0.15) is 19.4 Å². The highest BCUT2D eigenvalue weighted by atomic mass is 16.2. The molecule has 0 saturated carbocycles. The number of anilines is 1. The number of likely N-dealkylation sites (N-methyl/N-ethyl adjacent to an activating group) is 1. The fraction of sp³-hybridized carbons (Fsp3) is 0.400. The Morgan fingerprint density at radius 3 is 2.38 bits per heavy atom. The molecule has 0 aliphatic rings. The third kappa shape index (κ3) is 4.58. The second-order valence-corrected chi connectivity index (χ2v) is 5.10. The Morgan fingerprint density at radius 2 is 1.90 bits per heavy atom. The molecule has 6 heteroatoms. The zero-order valence-electron chi connectivity index (χ0n) is 12.5. The van der Waals surface area contributed by atoms with Crippen LogP contribution in [0.15, 0.2) is 24.3 Å². The van der Waals surface area contributed by atoms with E-state index in [1.807, 2.05) is 19.9 Å². The molecular weight excluding hydrogens is 268 g/mol. The molecule has 0 bridgehead atoms. The normalized spacial score (nSPS) is 11.6. The third-order valence-corrected chi connectivity index (χ3v) is 3.19. The lowest BCUT2D eigenvalue weighted by atomic mass is 10.1. The molecule has 3 N–H and O–H groups in total. The Morgan fingerprint density at radius 1 is 1.33 bits per heavy atom. The van der Waals surface area contributed by atoms with Gasteiger partial charge in [-0.05, 0) is 30.2 Å². The van der Waals surface area contributed by atoms with Crippen molar-refractivity contribution < 1.29 is 9.59 Å². The van der Waals surface area contributed by atoms with Gasteiger partial charge in [0.05, 0.1) is 24.2 Å². The number of rotatable bonds is 5. The van der Waals surface area contributed by atoms with E-state index < -0.39 is 6.04 Å². The number of nitrogens with two attached hydrogens (primary N) is 1. The zero-order valence-corrected chi connectivity index (χ0v) is 12.5. The maximum absolute atomic E-state index is 12.0. The van der Waals surface area contributed by atoms with E-state index in [2.05, 4.69) is 5.32 Å². The largest absolute Gasteiger partial charge is 0.346 e. The van der Waals surface area contributed by atoms with Gasteiger partial charge in [-0.1, -0.05) is 13.8 Å². The van der Waals surface area contributed by atoms with Gasteiger partial charge in [-0.3, -0.25) is 9.59 Å². The lowest BCUT2D eigenvalue weighted by Crippen LogP contribution is -2.47. The first-order valence-corrected chi connectivity index (χ1v) is 6.66. The number of nitrogens with one attached hydrogen (secondary N) is 1. The van der Waals surface area contributed by atoms with Crippen molar-refractivity contribution in [1.29, 1.82) is 5.26 Å². The molecule has 0 unspecified atom stereocenters. The second-order valence-electron chi connectivity index (χ2n) is 5.10. The van der Waals surface area contributed by atoms with Crippen molar-refractivity contribution >= 4 is 17.5 Å². The minimum absolute atomic E-state index is 0.0105. The number of hydrogen-bond acceptors (Lipinski definition) is 4. The number of hydrogen-bond donors (Lipinski definition) is 2. The first-order valence-electron chi connectivity index (χ1n) is 6.66. The van der Waals surface area contributed by atoms with E-state index in [0.29, 0.717) is 11.3 Å². The number of benzene rings is 1. The van der Waals surface area contributed by atoms with Crippen LogP contribution < -0.4 is 16.0 Å². The Kier molecular flexibility index (Phi) is 5.88. The molecule has 1 aromatic carbocycles.